The molecule has 0 aliphatic carbocycles. The Balaban J connectivity index is 2.10. The molecule has 24 heavy (non-hydrogen) atoms. The van der Waals surface area contributed by atoms with Gasteiger partial charge in [0.1, 0.15) is 0 Å². The predicted octanol–water partition coefficient (Wildman–Crippen LogP) is 4.31. The van der Waals surface area contributed by atoms with Crippen LogP contribution in [0.4, 0.5) is 0 Å². The molecule has 4 heteroatoms. The Hall–Kier alpha value is -2.69. The highest BCUT2D eigenvalue weighted by Gasteiger charge is 2.16. The third-order valence-electron chi connectivity index (χ3n) is 4.23. The summed E-state index contributed by atoms with van der Waals surface area (Å²) in [7, 11) is -3.79. The van der Waals surface area contributed by atoms with Crippen LogP contribution in [0.25, 0.3) is 32.7 Å². The molecule has 0 aromatic heterocycles. The Morgan fingerprint density at radius 2 is 1.21 bits per heavy atom. The van der Waals surface area contributed by atoms with E-state index in [-0.39, 0.29) is 4.90 Å². The van der Waals surface area contributed by atoms with Crippen molar-refractivity contribution in [3.63, 3.8) is 0 Å². The maximum atomic E-state index is 12.0. The van der Waals surface area contributed by atoms with Gasteiger partial charge in [0.15, 0.2) is 0 Å². The lowest BCUT2D eigenvalue weighted by atomic mass is 9.95. The molecule has 0 unspecified atom stereocenters. The van der Waals surface area contributed by atoms with E-state index in [0.717, 1.165) is 27.1 Å². The van der Waals surface area contributed by atoms with E-state index in [2.05, 4.69) is 24.3 Å². The number of hydrogen-bond acceptors (Lipinski definition) is 2. The van der Waals surface area contributed by atoms with Gasteiger partial charge in [-0.05, 0) is 45.3 Å². The molecule has 4 rings (SSSR count). The van der Waals surface area contributed by atoms with Gasteiger partial charge < -0.3 is 0 Å². The highest BCUT2D eigenvalue weighted by molar-refractivity contribution is 7.89. The van der Waals surface area contributed by atoms with Gasteiger partial charge in [-0.15, -0.1) is 0 Å². The number of hydrogen-bond donors (Lipinski definition) is 1. The topological polar surface area (TPSA) is 60.2 Å². The van der Waals surface area contributed by atoms with Gasteiger partial charge in [0.25, 0.3) is 0 Å². The Morgan fingerprint density at radius 1 is 0.625 bits per heavy atom. The highest BCUT2D eigenvalue weighted by atomic mass is 32.2. The van der Waals surface area contributed by atoms with Gasteiger partial charge >= 0.3 is 0 Å². The second kappa shape index (κ2) is 5.44. The van der Waals surface area contributed by atoms with E-state index >= 15 is 0 Å². The fourth-order valence-electron chi connectivity index (χ4n) is 3.14. The number of sulfonamides is 1. The molecule has 4 aromatic carbocycles. The largest absolute Gasteiger partial charge is 0.238 e. The van der Waals surface area contributed by atoms with E-state index < -0.39 is 10.0 Å². The van der Waals surface area contributed by atoms with Crippen LogP contribution >= 0.6 is 0 Å². The summed E-state index contributed by atoms with van der Waals surface area (Å²) in [6, 6.07) is 25.1. The van der Waals surface area contributed by atoms with Crippen molar-refractivity contribution in [3.05, 3.63) is 78.9 Å². The zero-order chi connectivity index (χ0) is 16.7. The molecule has 0 amide bonds. The van der Waals surface area contributed by atoms with Crippen molar-refractivity contribution in [1.29, 1.82) is 0 Å². The molecular formula is C20H15NO2S. The molecule has 4 aromatic rings. The predicted molar refractivity (Wildman–Crippen MR) is 98.3 cm³/mol. The first kappa shape index (κ1) is 14.9. The monoisotopic (exact) mass is 333 g/mol. The van der Waals surface area contributed by atoms with Crippen molar-refractivity contribution >= 4 is 31.6 Å². The van der Waals surface area contributed by atoms with Crippen LogP contribution in [-0.4, -0.2) is 8.42 Å². The van der Waals surface area contributed by atoms with Gasteiger partial charge in [0.2, 0.25) is 10.0 Å². The highest BCUT2D eigenvalue weighted by Crippen LogP contribution is 2.34. The summed E-state index contributed by atoms with van der Waals surface area (Å²) in [4.78, 5) is 0.144. The molecule has 0 aliphatic rings. The van der Waals surface area contributed by atoms with E-state index in [0.29, 0.717) is 5.56 Å². The number of nitrogens with two attached hydrogens (primary N) is 1. The van der Waals surface area contributed by atoms with Crippen molar-refractivity contribution in [3.8, 4) is 11.1 Å². The van der Waals surface area contributed by atoms with Crippen LogP contribution in [0.3, 0.4) is 0 Å². The van der Waals surface area contributed by atoms with E-state index in [1.807, 2.05) is 36.4 Å². The van der Waals surface area contributed by atoms with Gasteiger partial charge in [-0.1, -0.05) is 60.7 Å². The van der Waals surface area contributed by atoms with Crippen LogP contribution in [0, 0.1) is 0 Å². The number of fused-ring (bicyclic) bond motifs is 2. The SMILES string of the molecule is NS(=O)(=O)c1ccccc1-c1cccc2cc3ccccc3cc12. The van der Waals surface area contributed by atoms with E-state index in [9.17, 15) is 8.42 Å². The molecule has 3 nitrogen and oxygen atoms in total. The normalized spacial score (nSPS) is 11.9. The Bertz CT molecular complexity index is 1180. The maximum Gasteiger partial charge on any atom is 0.238 e. The van der Waals surface area contributed by atoms with Crippen LogP contribution in [-0.2, 0) is 10.0 Å². The summed E-state index contributed by atoms with van der Waals surface area (Å²) in [6.45, 7) is 0. The van der Waals surface area contributed by atoms with Gasteiger partial charge in [-0.25, -0.2) is 13.6 Å². The van der Waals surface area contributed by atoms with Gasteiger partial charge in [0.05, 0.1) is 4.90 Å². The van der Waals surface area contributed by atoms with Crippen molar-refractivity contribution in [2.24, 2.45) is 5.14 Å². The zero-order valence-corrected chi connectivity index (χ0v) is 13.6. The number of rotatable bonds is 2. The summed E-state index contributed by atoms with van der Waals surface area (Å²) in [6.07, 6.45) is 0. The van der Waals surface area contributed by atoms with Gasteiger partial charge in [-0.3, -0.25) is 0 Å². The van der Waals surface area contributed by atoms with Crippen molar-refractivity contribution in [2.75, 3.05) is 0 Å². The van der Waals surface area contributed by atoms with E-state index in [1.54, 1.807) is 18.2 Å². The smallest absolute Gasteiger partial charge is 0.225 e. The molecule has 0 spiro atoms. The Labute approximate surface area is 140 Å². The van der Waals surface area contributed by atoms with Crippen LogP contribution < -0.4 is 5.14 Å². The minimum absolute atomic E-state index is 0.144. The van der Waals surface area contributed by atoms with Crippen LogP contribution in [0.2, 0.25) is 0 Å². The standard InChI is InChI=1S/C20H15NO2S/c21-24(22,23)20-11-4-3-9-18(20)17-10-5-8-16-12-14-6-1-2-7-15(14)13-19(16)17/h1-13H,(H2,21,22,23). The molecule has 0 aliphatic heterocycles. The van der Waals surface area contributed by atoms with Gasteiger partial charge in [-0.2, -0.15) is 0 Å². The number of primary sulfonamides is 1. The first-order valence-electron chi connectivity index (χ1n) is 7.58. The molecule has 0 heterocycles. The molecule has 118 valence electrons. The van der Waals surface area contributed by atoms with Crippen molar-refractivity contribution in [1.82, 2.24) is 0 Å². The summed E-state index contributed by atoms with van der Waals surface area (Å²) in [5.74, 6) is 0. The summed E-state index contributed by atoms with van der Waals surface area (Å²) < 4.78 is 23.9. The van der Waals surface area contributed by atoms with Crippen LogP contribution in [0.15, 0.2) is 83.8 Å². The third kappa shape index (κ3) is 2.46. The first-order chi connectivity index (χ1) is 11.5. The number of benzene rings is 4. The van der Waals surface area contributed by atoms with Crippen LogP contribution in [0.1, 0.15) is 0 Å². The molecule has 0 atom stereocenters. The third-order valence-corrected chi connectivity index (χ3v) is 5.20. The quantitative estimate of drug-likeness (QED) is 0.556. The van der Waals surface area contributed by atoms with Crippen molar-refractivity contribution < 1.29 is 8.42 Å². The van der Waals surface area contributed by atoms with Crippen molar-refractivity contribution in [2.45, 2.75) is 4.90 Å². The average molecular weight is 333 g/mol. The second-order valence-electron chi connectivity index (χ2n) is 5.77. The second-order valence-corrected chi connectivity index (χ2v) is 7.30. The molecular weight excluding hydrogens is 318 g/mol. The fourth-order valence-corrected chi connectivity index (χ4v) is 3.89. The maximum absolute atomic E-state index is 12.0. The van der Waals surface area contributed by atoms with E-state index in [4.69, 9.17) is 5.14 Å². The minimum Gasteiger partial charge on any atom is -0.225 e. The molecule has 0 bridgehead atoms. The zero-order valence-electron chi connectivity index (χ0n) is 12.8. The Kier molecular flexibility index (Phi) is 3.37. The summed E-state index contributed by atoms with van der Waals surface area (Å²) in [5.41, 5.74) is 1.49. The molecule has 0 saturated carbocycles. The minimum atomic E-state index is -3.79. The molecule has 0 radical (unpaired) electrons. The lowest BCUT2D eigenvalue weighted by Gasteiger charge is -2.12. The fraction of sp³-hybridized carbons (Fsp3) is 0. The lowest BCUT2D eigenvalue weighted by molar-refractivity contribution is 0.598. The van der Waals surface area contributed by atoms with Gasteiger partial charge in [0, 0.05) is 5.56 Å². The first-order valence-corrected chi connectivity index (χ1v) is 9.12. The summed E-state index contributed by atoms with van der Waals surface area (Å²) >= 11 is 0. The molecule has 2 N–H and O–H groups in total. The van der Waals surface area contributed by atoms with Crippen LogP contribution in [0.5, 0.6) is 0 Å². The lowest BCUT2D eigenvalue weighted by Crippen LogP contribution is -2.13. The molecule has 0 fully saturated rings. The van der Waals surface area contributed by atoms with E-state index in [1.165, 1.54) is 0 Å². The Morgan fingerprint density at radius 3 is 1.96 bits per heavy atom. The molecule has 0 saturated heterocycles. The summed E-state index contributed by atoms with van der Waals surface area (Å²) in [5, 5.41) is 9.74. The average Bonchev–Trinajstić information content (AvgIpc) is 2.58.